The summed E-state index contributed by atoms with van der Waals surface area (Å²) in [6.45, 7) is 3.79. The number of amides is 2. The first-order valence-corrected chi connectivity index (χ1v) is 8.46. The van der Waals surface area contributed by atoms with Crippen molar-refractivity contribution in [3.63, 3.8) is 0 Å². The van der Waals surface area contributed by atoms with Crippen LogP contribution in [0, 0.1) is 17.2 Å². The molecule has 134 valence electrons. The lowest BCUT2D eigenvalue weighted by Gasteiger charge is -2.24. The molecule has 0 bridgehead atoms. The molecule has 0 saturated heterocycles. The summed E-state index contributed by atoms with van der Waals surface area (Å²) in [7, 11) is 3.34. The Labute approximate surface area is 154 Å². The van der Waals surface area contributed by atoms with Crippen molar-refractivity contribution >= 4 is 11.8 Å². The third-order valence-electron chi connectivity index (χ3n) is 4.17. The Balaban J connectivity index is 2.21. The maximum atomic E-state index is 12.5. The van der Waals surface area contributed by atoms with E-state index >= 15 is 0 Å². The van der Waals surface area contributed by atoms with Crippen LogP contribution in [0.15, 0.2) is 48.5 Å². The number of rotatable bonds is 5. The molecular formula is C21H23N3O2. The van der Waals surface area contributed by atoms with Crippen molar-refractivity contribution in [3.8, 4) is 17.2 Å². The first kappa shape index (κ1) is 19.2. The van der Waals surface area contributed by atoms with E-state index in [2.05, 4.69) is 11.4 Å². The first-order chi connectivity index (χ1) is 12.3. The average Bonchev–Trinajstić information content (AvgIpc) is 2.65. The number of nitrogens with one attached hydrogen (secondary N) is 1. The lowest BCUT2D eigenvalue weighted by Crippen LogP contribution is -2.49. The van der Waals surface area contributed by atoms with E-state index < -0.39 is 6.04 Å². The Morgan fingerprint density at radius 1 is 1.04 bits per heavy atom. The van der Waals surface area contributed by atoms with Gasteiger partial charge in [0.25, 0.3) is 5.91 Å². The molecule has 0 radical (unpaired) electrons. The summed E-state index contributed by atoms with van der Waals surface area (Å²) in [5.41, 5.74) is 2.75. The van der Waals surface area contributed by atoms with E-state index in [4.69, 9.17) is 0 Å². The molecule has 0 fully saturated rings. The van der Waals surface area contributed by atoms with Crippen molar-refractivity contribution in [2.45, 2.75) is 19.9 Å². The summed E-state index contributed by atoms with van der Waals surface area (Å²) in [6.07, 6.45) is 0. The van der Waals surface area contributed by atoms with Crippen LogP contribution in [-0.2, 0) is 4.79 Å². The van der Waals surface area contributed by atoms with E-state index in [-0.39, 0.29) is 17.7 Å². The molecule has 0 saturated carbocycles. The van der Waals surface area contributed by atoms with Gasteiger partial charge in [-0.1, -0.05) is 44.2 Å². The second-order valence-corrected chi connectivity index (χ2v) is 6.66. The smallest absolute Gasteiger partial charge is 0.251 e. The topological polar surface area (TPSA) is 73.2 Å². The molecule has 1 N–H and O–H groups in total. The van der Waals surface area contributed by atoms with Crippen molar-refractivity contribution in [2.75, 3.05) is 14.1 Å². The zero-order chi connectivity index (χ0) is 19.3. The Morgan fingerprint density at radius 3 is 2.19 bits per heavy atom. The lowest BCUT2D eigenvalue weighted by molar-refractivity contribution is -0.131. The minimum atomic E-state index is -0.573. The van der Waals surface area contributed by atoms with Crippen molar-refractivity contribution in [3.05, 3.63) is 59.7 Å². The second-order valence-electron chi connectivity index (χ2n) is 6.66. The number of hydrogen-bond donors (Lipinski definition) is 1. The van der Waals surface area contributed by atoms with E-state index in [0.29, 0.717) is 11.1 Å². The van der Waals surface area contributed by atoms with Crippen LogP contribution in [0.3, 0.4) is 0 Å². The summed E-state index contributed by atoms with van der Waals surface area (Å²) < 4.78 is 0. The second kappa shape index (κ2) is 8.30. The van der Waals surface area contributed by atoms with Crippen LogP contribution < -0.4 is 5.32 Å². The molecule has 2 aromatic carbocycles. The van der Waals surface area contributed by atoms with Crippen molar-refractivity contribution in [1.29, 1.82) is 5.26 Å². The Hall–Kier alpha value is -3.13. The van der Waals surface area contributed by atoms with E-state index in [9.17, 15) is 14.9 Å². The minimum absolute atomic E-state index is 0.0179. The Bertz CT molecular complexity index is 833. The molecule has 0 aliphatic heterocycles. The molecule has 0 aliphatic rings. The number of carbonyl (C=O) groups excluding carboxylic acids is 2. The monoisotopic (exact) mass is 349 g/mol. The predicted octanol–water partition coefficient (Wildman–Crippen LogP) is 3.07. The van der Waals surface area contributed by atoms with Gasteiger partial charge in [-0.3, -0.25) is 9.59 Å². The van der Waals surface area contributed by atoms with Gasteiger partial charge in [-0.05, 0) is 35.2 Å². The molecule has 0 heterocycles. The van der Waals surface area contributed by atoms with Gasteiger partial charge in [0.1, 0.15) is 6.04 Å². The molecule has 1 atom stereocenters. The number of likely N-dealkylation sites (N-methyl/N-ethyl adjacent to an activating group) is 1. The Kier molecular flexibility index (Phi) is 6.13. The summed E-state index contributed by atoms with van der Waals surface area (Å²) in [4.78, 5) is 26.2. The number of carbonyl (C=O) groups is 2. The van der Waals surface area contributed by atoms with Crippen LogP contribution >= 0.6 is 0 Å². The summed E-state index contributed by atoms with van der Waals surface area (Å²) >= 11 is 0. The maximum Gasteiger partial charge on any atom is 0.251 e. The number of nitriles is 1. The van der Waals surface area contributed by atoms with Crippen LogP contribution in [0.25, 0.3) is 11.1 Å². The zero-order valence-electron chi connectivity index (χ0n) is 15.5. The fraction of sp³-hybridized carbons (Fsp3) is 0.286. The standard InChI is InChI=1S/C21H23N3O2/c1-14(2)19(21(26)24(3)4)23-20(25)16-11-9-15(10-12-16)18-8-6-5-7-17(18)13-22/h5-12,14,19H,1-4H3,(H,23,25)/t19-/m0/s1. The van der Waals surface area contributed by atoms with Crippen LogP contribution in [0.1, 0.15) is 29.8 Å². The van der Waals surface area contributed by atoms with Crippen LogP contribution in [0.2, 0.25) is 0 Å². The van der Waals surface area contributed by atoms with Gasteiger partial charge in [-0.15, -0.1) is 0 Å². The summed E-state index contributed by atoms with van der Waals surface area (Å²) in [5, 5.41) is 12.0. The fourth-order valence-electron chi connectivity index (χ4n) is 2.65. The molecule has 0 aromatic heterocycles. The highest BCUT2D eigenvalue weighted by Gasteiger charge is 2.25. The van der Waals surface area contributed by atoms with E-state index in [1.165, 1.54) is 4.90 Å². The highest BCUT2D eigenvalue weighted by atomic mass is 16.2. The number of hydrogen-bond acceptors (Lipinski definition) is 3. The van der Waals surface area contributed by atoms with Gasteiger partial charge >= 0.3 is 0 Å². The molecular weight excluding hydrogens is 326 g/mol. The van der Waals surface area contributed by atoms with Gasteiger partial charge in [0.2, 0.25) is 5.91 Å². The number of benzene rings is 2. The largest absolute Gasteiger partial charge is 0.347 e. The SMILES string of the molecule is CC(C)[C@H](NC(=O)c1ccc(-c2ccccc2C#N)cc1)C(=O)N(C)C. The fourth-order valence-corrected chi connectivity index (χ4v) is 2.65. The molecule has 0 unspecified atom stereocenters. The summed E-state index contributed by atoms with van der Waals surface area (Å²) in [6, 6.07) is 15.9. The highest BCUT2D eigenvalue weighted by Crippen LogP contribution is 2.23. The maximum absolute atomic E-state index is 12.5. The van der Waals surface area contributed by atoms with Crippen LogP contribution in [0.5, 0.6) is 0 Å². The third-order valence-corrected chi connectivity index (χ3v) is 4.17. The normalized spacial score (nSPS) is 11.5. The van der Waals surface area contributed by atoms with E-state index in [1.807, 2.05) is 44.2 Å². The zero-order valence-corrected chi connectivity index (χ0v) is 15.5. The molecule has 26 heavy (non-hydrogen) atoms. The molecule has 5 heteroatoms. The van der Waals surface area contributed by atoms with Crippen molar-refractivity contribution in [1.82, 2.24) is 10.2 Å². The predicted molar refractivity (Wildman–Crippen MR) is 101 cm³/mol. The van der Waals surface area contributed by atoms with Crippen molar-refractivity contribution in [2.24, 2.45) is 5.92 Å². The minimum Gasteiger partial charge on any atom is -0.347 e. The van der Waals surface area contributed by atoms with E-state index in [0.717, 1.165) is 11.1 Å². The van der Waals surface area contributed by atoms with Gasteiger partial charge in [0.15, 0.2) is 0 Å². The molecule has 2 aromatic rings. The van der Waals surface area contributed by atoms with Crippen LogP contribution in [0.4, 0.5) is 0 Å². The Morgan fingerprint density at radius 2 is 1.65 bits per heavy atom. The van der Waals surface area contributed by atoms with Gasteiger partial charge in [0, 0.05) is 19.7 Å². The average molecular weight is 349 g/mol. The van der Waals surface area contributed by atoms with E-state index in [1.54, 1.807) is 32.3 Å². The molecule has 2 rings (SSSR count). The van der Waals surface area contributed by atoms with Gasteiger partial charge in [-0.25, -0.2) is 0 Å². The first-order valence-electron chi connectivity index (χ1n) is 8.46. The molecule has 0 spiro atoms. The van der Waals surface area contributed by atoms with Gasteiger partial charge in [-0.2, -0.15) is 5.26 Å². The van der Waals surface area contributed by atoms with Crippen molar-refractivity contribution < 1.29 is 9.59 Å². The summed E-state index contributed by atoms with van der Waals surface area (Å²) in [5.74, 6) is -0.442. The highest BCUT2D eigenvalue weighted by molar-refractivity contribution is 5.98. The lowest BCUT2D eigenvalue weighted by atomic mass is 9.98. The van der Waals surface area contributed by atoms with Gasteiger partial charge < -0.3 is 10.2 Å². The molecule has 2 amide bonds. The quantitative estimate of drug-likeness (QED) is 0.901. The molecule has 5 nitrogen and oxygen atoms in total. The third kappa shape index (κ3) is 4.28. The van der Waals surface area contributed by atoms with Gasteiger partial charge in [0.05, 0.1) is 11.6 Å². The van der Waals surface area contributed by atoms with Crippen LogP contribution in [-0.4, -0.2) is 36.9 Å². The number of nitrogens with zero attached hydrogens (tertiary/aromatic N) is 2. The molecule has 0 aliphatic carbocycles.